The molecule has 190 valence electrons. The molecule has 0 saturated carbocycles. The fraction of sp³-hybridized carbons (Fsp3) is 0.909. The van der Waals surface area contributed by atoms with Gasteiger partial charge in [0.1, 0.15) is 6.04 Å². The third-order valence-electron chi connectivity index (χ3n) is 4.84. The van der Waals surface area contributed by atoms with Gasteiger partial charge in [0.15, 0.2) is 12.3 Å². The maximum atomic E-state index is 12.4. The molecule has 0 fully saturated rings. The van der Waals surface area contributed by atoms with Crippen molar-refractivity contribution in [2.45, 2.75) is 103 Å². The van der Waals surface area contributed by atoms with Crippen LogP contribution < -0.4 is 5.32 Å². The molecule has 0 aliphatic heterocycles. The van der Waals surface area contributed by atoms with Crippen molar-refractivity contribution in [3.63, 3.8) is 0 Å². The van der Waals surface area contributed by atoms with Crippen molar-refractivity contribution in [2.24, 2.45) is 0 Å². The molecule has 0 rings (SSSR count). The molecule has 1 atom stereocenters. The van der Waals surface area contributed by atoms with Crippen LogP contribution in [0.4, 0.5) is 0 Å². The van der Waals surface area contributed by atoms with Gasteiger partial charge in [-0.2, -0.15) is 0 Å². The van der Waals surface area contributed by atoms with Crippen LogP contribution >= 0.6 is 12.3 Å². The highest BCUT2D eigenvalue weighted by Gasteiger charge is 2.23. The molecule has 0 aliphatic rings. The van der Waals surface area contributed by atoms with E-state index in [0.717, 1.165) is 38.5 Å². The maximum Gasteiger partial charge on any atom is 0.323 e. The van der Waals surface area contributed by atoms with E-state index in [-0.39, 0.29) is 19.6 Å². The minimum atomic E-state index is -0.809. The molecule has 0 radical (unpaired) electrons. The van der Waals surface area contributed by atoms with Crippen molar-refractivity contribution in [3.8, 4) is 0 Å². The summed E-state index contributed by atoms with van der Waals surface area (Å²) < 4.78 is 19.7. The molecule has 0 spiro atoms. The first-order valence-electron chi connectivity index (χ1n) is 12.0. The molecule has 10 heteroatoms. The normalized spacial score (nSPS) is 12.0. The minimum absolute atomic E-state index is 0.103. The summed E-state index contributed by atoms with van der Waals surface area (Å²) in [6.45, 7) is 5.47. The number of esters is 2. The number of carbonyl (C=O) groups is 2. The first kappa shape index (κ1) is 31.1. The van der Waals surface area contributed by atoms with Gasteiger partial charge in [-0.05, 0) is 12.8 Å². The van der Waals surface area contributed by atoms with Crippen molar-refractivity contribution >= 4 is 24.3 Å². The molecule has 1 unspecified atom stereocenters. The zero-order valence-electron chi connectivity index (χ0n) is 19.8. The van der Waals surface area contributed by atoms with Crippen LogP contribution in [0, 0.1) is 0 Å². The summed E-state index contributed by atoms with van der Waals surface area (Å²) in [5, 5.41) is 14.4. The van der Waals surface area contributed by atoms with E-state index >= 15 is 0 Å². The van der Waals surface area contributed by atoms with Crippen LogP contribution in [0.2, 0.25) is 0 Å². The second-order valence-electron chi connectivity index (χ2n) is 7.67. The summed E-state index contributed by atoms with van der Waals surface area (Å²) in [6, 6.07) is -0.809. The first-order valence-corrected chi connectivity index (χ1v) is 12.6. The fourth-order valence-electron chi connectivity index (χ4n) is 3.03. The van der Waals surface area contributed by atoms with Gasteiger partial charge in [0.25, 0.3) is 0 Å². The van der Waals surface area contributed by atoms with Gasteiger partial charge in [-0.25, -0.2) is 5.26 Å². The molecular weight excluding hydrogens is 438 g/mol. The lowest BCUT2D eigenvalue weighted by atomic mass is 10.1. The molecular formula is C22H43NO8S. The van der Waals surface area contributed by atoms with Crippen LogP contribution in [0.15, 0.2) is 0 Å². The molecule has 0 saturated heterocycles. The van der Waals surface area contributed by atoms with Crippen LogP contribution in [0.5, 0.6) is 0 Å². The summed E-state index contributed by atoms with van der Waals surface area (Å²) >= 11 is 0.452. The predicted molar refractivity (Wildman–Crippen MR) is 123 cm³/mol. The molecule has 0 aromatic rings. The van der Waals surface area contributed by atoms with E-state index < -0.39 is 18.0 Å². The largest absolute Gasteiger partial charge is 0.466 e. The van der Waals surface area contributed by atoms with Gasteiger partial charge in [0.2, 0.25) is 0 Å². The van der Waals surface area contributed by atoms with Crippen molar-refractivity contribution in [1.29, 1.82) is 0 Å². The second kappa shape index (κ2) is 24.7. The number of rotatable bonds is 24. The Balaban J connectivity index is 4.22. The molecule has 0 bridgehead atoms. The van der Waals surface area contributed by atoms with Gasteiger partial charge >= 0.3 is 11.9 Å². The molecule has 2 N–H and O–H groups in total. The van der Waals surface area contributed by atoms with Crippen LogP contribution in [-0.2, 0) is 32.6 Å². The van der Waals surface area contributed by atoms with E-state index in [1.165, 1.54) is 38.5 Å². The quantitative estimate of drug-likeness (QED) is 0.0631. The highest BCUT2D eigenvalue weighted by Crippen LogP contribution is 2.08. The smallest absolute Gasteiger partial charge is 0.323 e. The van der Waals surface area contributed by atoms with Gasteiger partial charge in [0.05, 0.1) is 26.2 Å². The molecule has 0 aromatic carbocycles. The van der Waals surface area contributed by atoms with Crippen molar-refractivity contribution in [2.75, 3.05) is 26.4 Å². The van der Waals surface area contributed by atoms with Crippen LogP contribution in [-0.4, -0.2) is 49.6 Å². The Hall–Kier alpha value is -0.910. The summed E-state index contributed by atoms with van der Waals surface area (Å²) in [5.41, 5.74) is 0. The SMILES string of the molecule is CCCCCCCCOC(=O)CC(NCCOSOOO)C(=O)OCCCCCCCC. The number of unbranched alkanes of at least 4 members (excludes halogenated alkanes) is 10. The van der Waals surface area contributed by atoms with E-state index in [1.807, 2.05) is 0 Å². The van der Waals surface area contributed by atoms with Gasteiger partial charge < -0.3 is 14.8 Å². The predicted octanol–water partition coefficient (Wildman–Crippen LogP) is 5.14. The first-order chi connectivity index (χ1) is 15.7. The molecule has 0 aliphatic carbocycles. The molecule has 0 amide bonds. The highest BCUT2D eigenvalue weighted by atomic mass is 32.2. The third-order valence-corrected chi connectivity index (χ3v) is 5.22. The zero-order chi connectivity index (χ0) is 23.7. The molecule has 9 nitrogen and oxygen atoms in total. The molecule has 0 heterocycles. The Morgan fingerprint density at radius 3 is 1.97 bits per heavy atom. The van der Waals surface area contributed by atoms with Crippen LogP contribution in [0.25, 0.3) is 0 Å². The zero-order valence-corrected chi connectivity index (χ0v) is 20.6. The minimum Gasteiger partial charge on any atom is -0.466 e. The summed E-state index contributed by atoms with van der Waals surface area (Å²) in [5.74, 6) is -0.905. The molecule has 0 aromatic heterocycles. The number of carbonyl (C=O) groups excluding carboxylic acids is 2. The average molecular weight is 482 g/mol. The fourth-order valence-corrected chi connectivity index (χ4v) is 3.24. The Bertz CT molecular complexity index is 442. The Morgan fingerprint density at radius 1 is 0.812 bits per heavy atom. The standard InChI is InChI=1S/C22H43NO8S/c1-3-5-7-9-11-13-16-27-21(24)19-20(23-15-18-29-32-31-30-26)22(25)28-17-14-12-10-8-6-4-2/h20,23,26H,3-19H2,1-2H3. The number of hydrogen-bond donors (Lipinski definition) is 2. The van der Waals surface area contributed by atoms with E-state index in [4.69, 9.17) is 18.9 Å². The lowest BCUT2D eigenvalue weighted by Crippen LogP contribution is -2.41. The van der Waals surface area contributed by atoms with Crippen molar-refractivity contribution in [1.82, 2.24) is 5.32 Å². The van der Waals surface area contributed by atoms with Gasteiger partial charge in [-0.15, -0.1) is 4.33 Å². The maximum absolute atomic E-state index is 12.4. The second-order valence-corrected chi connectivity index (χ2v) is 8.17. The van der Waals surface area contributed by atoms with E-state index in [9.17, 15) is 9.59 Å². The number of hydrogen-bond acceptors (Lipinski definition) is 10. The van der Waals surface area contributed by atoms with Crippen LogP contribution in [0.1, 0.15) is 97.3 Å². The topological polar surface area (TPSA) is 113 Å². The summed E-state index contributed by atoms with van der Waals surface area (Å²) in [4.78, 5) is 24.6. The summed E-state index contributed by atoms with van der Waals surface area (Å²) in [7, 11) is 0. The monoisotopic (exact) mass is 481 g/mol. The lowest BCUT2D eigenvalue weighted by molar-refractivity contribution is -0.434. The Kier molecular flexibility index (Phi) is 24.0. The molecule has 32 heavy (non-hydrogen) atoms. The number of nitrogens with one attached hydrogen (secondary N) is 1. The summed E-state index contributed by atoms with van der Waals surface area (Å²) in [6.07, 6.45) is 13.1. The van der Waals surface area contributed by atoms with Gasteiger partial charge in [0, 0.05) is 6.54 Å². The Labute approximate surface area is 197 Å². The van der Waals surface area contributed by atoms with E-state index in [2.05, 4.69) is 28.5 Å². The highest BCUT2D eigenvalue weighted by molar-refractivity contribution is 7.89. The van der Waals surface area contributed by atoms with E-state index in [1.54, 1.807) is 0 Å². The third kappa shape index (κ3) is 21.0. The number of ether oxygens (including phenoxy) is 2. The van der Waals surface area contributed by atoms with Gasteiger partial charge in [-0.3, -0.25) is 13.8 Å². The van der Waals surface area contributed by atoms with E-state index in [0.29, 0.717) is 25.5 Å². The Morgan fingerprint density at radius 2 is 1.38 bits per heavy atom. The van der Waals surface area contributed by atoms with Gasteiger partial charge in [-0.1, -0.05) is 83.1 Å². The van der Waals surface area contributed by atoms with Crippen molar-refractivity contribution < 1.29 is 37.9 Å². The lowest BCUT2D eigenvalue weighted by Gasteiger charge is -2.17. The average Bonchev–Trinajstić information content (AvgIpc) is 2.79. The van der Waals surface area contributed by atoms with Crippen LogP contribution in [0.3, 0.4) is 0 Å². The van der Waals surface area contributed by atoms with Crippen molar-refractivity contribution in [3.05, 3.63) is 0 Å².